The molecule has 0 aliphatic heterocycles. The van der Waals surface area contributed by atoms with Gasteiger partial charge < -0.3 is 14.6 Å². The molecular weight excluding hydrogens is 334 g/mol. The molecule has 0 bridgehead atoms. The second kappa shape index (κ2) is 8.02. The number of ether oxygens (including phenoxy) is 1. The van der Waals surface area contributed by atoms with E-state index in [0.29, 0.717) is 12.5 Å². The molecule has 0 saturated carbocycles. The van der Waals surface area contributed by atoms with Gasteiger partial charge in [-0.3, -0.25) is 10.1 Å². The number of aromatic nitrogens is 2. The fourth-order valence-electron chi connectivity index (χ4n) is 2.34. The fourth-order valence-corrected chi connectivity index (χ4v) is 2.34. The summed E-state index contributed by atoms with van der Waals surface area (Å²) in [7, 11) is 1.60. The third-order valence-corrected chi connectivity index (χ3v) is 3.52. The van der Waals surface area contributed by atoms with Crippen LogP contribution in [0.25, 0.3) is 11.0 Å². The first-order chi connectivity index (χ1) is 12.7. The predicted molar refractivity (Wildman–Crippen MR) is 98.8 cm³/mol. The van der Waals surface area contributed by atoms with E-state index < -0.39 is 5.97 Å². The summed E-state index contributed by atoms with van der Waals surface area (Å²) in [6.45, 7) is 1.62. The quantitative estimate of drug-likeness (QED) is 0.379. The van der Waals surface area contributed by atoms with Crippen LogP contribution in [0.3, 0.4) is 0 Å². The number of hydrogen-bond acceptors (Lipinski definition) is 5. The number of rotatable bonds is 4. The summed E-state index contributed by atoms with van der Waals surface area (Å²) in [5.41, 5.74) is 5.09. The molecule has 3 rings (SSSR count). The van der Waals surface area contributed by atoms with Crippen molar-refractivity contribution in [1.29, 1.82) is 0 Å². The lowest BCUT2D eigenvalue weighted by atomic mass is 10.2. The zero-order valence-corrected chi connectivity index (χ0v) is 14.4. The average molecular weight is 353 g/mol. The lowest BCUT2D eigenvalue weighted by Gasteiger charge is -2.10. The highest BCUT2D eigenvalue weighted by Crippen LogP contribution is 2.18. The van der Waals surface area contributed by atoms with Crippen molar-refractivity contribution in [2.45, 2.75) is 13.5 Å². The molecule has 1 aromatic heterocycles. The summed E-state index contributed by atoms with van der Waals surface area (Å²) in [5.74, 6) is 0.961. The Kier molecular flexibility index (Phi) is 5.33. The third-order valence-electron chi connectivity index (χ3n) is 3.52. The predicted octanol–water partition coefficient (Wildman–Crippen LogP) is 2.61. The molecule has 0 radical (unpaired) electrons. The molecule has 0 amide bonds. The molecule has 3 aromatic rings. The van der Waals surface area contributed by atoms with E-state index in [1.54, 1.807) is 7.11 Å². The Hall–Kier alpha value is -3.55. The van der Waals surface area contributed by atoms with Gasteiger partial charge in [-0.25, -0.2) is 9.98 Å². The van der Waals surface area contributed by atoms with E-state index in [1.165, 1.54) is 6.92 Å². The van der Waals surface area contributed by atoms with Crippen LogP contribution in [0.4, 0.5) is 5.95 Å². The first kappa shape index (κ1) is 17.3. The molecule has 0 spiro atoms. The van der Waals surface area contributed by atoms with Crippen LogP contribution in [0.15, 0.2) is 53.5 Å². The number of anilines is 1. The van der Waals surface area contributed by atoms with Crippen molar-refractivity contribution < 1.29 is 14.4 Å². The Labute approximate surface area is 150 Å². The molecule has 2 aromatic carbocycles. The number of carbonyl (C=O) groups excluding carboxylic acids is 1. The standard InChI is InChI=1S/C18H19N5O3/c1-12(24)26-23-17(19-11-13-7-3-6-10-16(13)25-2)22-18-20-14-8-4-5-9-15(14)21-18/h3-10H,11H2,1-2H3,(H3,19,20,21,22,23). The monoisotopic (exact) mass is 353 g/mol. The van der Waals surface area contributed by atoms with E-state index in [0.717, 1.165) is 22.3 Å². The Balaban J connectivity index is 1.80. The Morgan fingerprint density at radius 3 is 2.73 bits per heavy atom. The molecule has 3 N–H and O–H groups in total. The molecule has 0 fully saturated rings. The first-order valence-corrected chi connectivity index (χ1v) is 7.97. The van der Waals surface area contributed by atoms with Gasteiger partial charge in [-0.1, -0.05) is 30.3 Å². The highest BCUT2D eigenvalue weighted by Gasteiger charge is 2.08. The molecule has 26 heavy (non-hydrogen) atoms. The van der Waals surface area contributed by atoms with E-state index in [9.17, 15) is 4.79 Å². The number of para-hydroxylation sites is 3. The van der Waals surface area contributed by atoms with Gasteiger partial charge in [0.15, 0.2) is 0 Å². The minimum atomic E-state index is -0.485. The van der Waals surface area contributed by atoms with Crippen molar-refractivity contribution >= 4 is 28.9 Å². The number of aromatic amines is 1. The normalized spacial score (nSPS) is 11.2. The molecule has 1 heterocycles. The zero-order valence-electron chi connectivity index (χ0n) is 14.4. The zero-order chi connectivity index (χ0) is 18.4. The Bertz CT molecular complexity index is 902. The maximum atomic E-state index is 11.1. The van der Waals surface area contributed by atoms with Gasteiger partial charge >= 0.3 is 5.97 Å². The molecule has 8 heteroatoms. The van der Waals surface area contributed by atoms with Gasteiger partial charge in [0, 0.05) is 12.5 Å². The van der Waals surface area contributed by atoms with Crippen LogP contribution in [0.5, 0.6) is 5.75 Å². The van der Waals surface area contributed by atoms with Crippen LogP contribution < -0.4 is 15.5 Å². The minimum absolute atomic E-state index is 0.241. The van der Waals surface area contributed by atoms with Crippen molar-refractivity contribution in [3.63, 3.8) is 0 Å². The summed E-state index contributed by atoms with van der Waals surface area (Å²) < 4.78 is 5.32. The van der Waals surface area contributed by atoms with Gasteiger partial charge in [-0.2, -0.15) is 5.48 Å². The summed E-state index contributed by atoms with van der Waals surface area (Å²) >= 11 is 0. The molecule has 0 aliphatic carbocycles. The Morgan fingerprint density at radius 1 is 1.19 bits per heavy atom. The van der Waals surface area contributed by atoms with Crippen LogP contribution in [0, 0.1) is 0 Å². The first-order valence-electron chi connectivity index (χ1n) is 7.97. The van der Waals surface area contributed by atoms with E-state index in [2.05, 4.69) is 25.8 Å². The number of aliphatic imine (C=N–C) groups is 1. The molecule has 8 nitrogen and oxygen atoms in total. The number of fused-ring (bicyclic) bond motifs is 1. The van der Waals surface area contributed by atoms with Crippen molar-refractivity contribution in [2.24, 2.45) is 4.99 Å². The number of nitrogens with one attached hydrogen (secondary N) is 3. The van der Waals surface area contributed by atoms with Crippen molar-refractivity contribution in [3.8, 4) is 5.75 Å². The van der Waals surface area contributed by atoms with Crippen LogP contribution in [-0.4, -0.2) is 29.0 Å². The van der Waals surface area contributed by atoms with E-state index in [1.807, 2.05) is 48.5 Å². The molecule has 0 atom stereocenters. The van der Waals surface area contributed by atoms with E-state index in [4.69, 9.17) is 9.57 Å². The van der Waals surface area contributed by atoms with Crippen LogP contribution in [0.2, 0.25) is 0 Å². The van der Waals surface area contributed by atoms with Crippen LogP contribution >= 0.6 is 0 Å². The molecule has 0 unspecified atom stereocenters. The van der Waals surface area contributed by atoms with Crippen molar-refractivity contribution in [2.75, 3.05) is 12.4 Å². The summed E-state index contributed by atoms with van der Waals surface area (Å²) in [5, 5.41) is 2.99. The number of hydroxylamine groups is 1. The number of H-pyrrole nitrogens is 1. The van der Waals surface area contributed by atoms with Gasteiger partial charge in [0.2, 0.25) is 11.9 Å². The summed E-state index contributed by atoms with van der Waals surface area (Å²) in [6.07, 6.45) is 0. The lowest BCUT2D eigenvalue weighted by molar-refractivity contribution is -0.145. The summed E-state index contributed by atoms with van der Waals surface area (Å²) in [4.78, 5) is 27.9. The van der Waals surface area contributed by atoms with Crippen LogP contribution in [0.1, 0.15) is 12.5 Å². The van der Waals surface area contributed by atoms with Gasteiger partial charge in [0.05, 0.1) is 24.7 Å². The molecule has 0 aliphatic rings. The number of guanidine groups is 1. The van der Waals surface area contributed by atoms with Crippen molar-refractivity contribution in [3.05, 3.63) is 54.1 Å². The smallest absolute Gasteiger partial charge is 0.329 e. The van der Waals surface area contributed by atoms with Gasteiger partial charge in [0.25, 0.3) is 0 Å². The second-order valence-electron chi connectivity index (χ2n) is 5.40. The largest absolute Gasteiger partial charge is 0.496 e. The van der Waals surface area contributed by atoms with E-state index in [-0.39, 0.29) is 5.96 Å². The summed E-state index contributed by atoms with van der Waals surface area (Å²) in [6, 6.07) is 15.2. The fraction of sp³-hybridized carbons (Fsp3) is 0.167. The molecule has 134 valence electrons. The highest BCUT2D eigenvalue weighted by atomic mass is 16.7. The number of imidazole rings is 1. The number of nitrogens with zero attached hydrogens (tertiary/aromatic N) is 2. The maximum absolute atomic E-state index is 11.1. The Morgan fingerprint density at radius 2 is 1.96 bits per heavy atom. The number of hydrogen-bond donors (Lipinski definition) is 3. The SMILES string of the molecule is COc1ccccc1CN=C(NOC(C)=O)Nc1nc2ccccc2[nH]1. The van der Waals surface area contributed by atoms with Gasteiger partial charge in [-0.15, -0.1) is 0 Å². The van der Waals surface area contributed by atoms with Crippen molar-refractivity contribution in [1.82, 2.24) is 15.4 Å². The van der Waals surface area contributed by atoms with Gasteiger partial charge in [-0.05, 0) is 18.2 Å². The maximum Gasteiger partial charge on any atom is 0.329 e. The lowest BCUT2D eigenvalue weighted by Crippen LogP contribution is -2.33. The van der Waals surface area contributed by atoms with Gasteiger partial charge in [0.1, 0.15) is 5.75 Å². The topological polar surface area (TPSA) is 101 Å². The van der Waals surface area contributed by atoms with Crippen LogP contribution in [-0.2, 0) is 16.2 Å². The highest BCUT2D eigenvalue weighted by molar-refractivity contribution is 5.93. The number of carbonyl (C=O) groups is 1. The molecular formula is C18H19N5O3. The number of benzene rings is 2. The average Bonchev–Trinajstić information content (AvgIpc) is 3.06. The second-order valence-corrected chi connectivity index (χ2v) is 5.40. The minimum Gasteiger partial charge on any atom is -0.496 e. The molecule has 0 saturated heterocycles. The number of methoxy groups -OCH3 is 1. The van der Waals surface area contributed by atoms with E-state index >= 15 is 0 Å². The third kappa shape index (κ3) is 4.29.